The Morgan fingerprint density at radius 2 is 2.05 bits per heavy atom. The first-order chi connectivity index (χ1) is 9.65. The molecule has 1 aromatic heterocycles. The maximum Gasteiger partial charge on any atom is 0.0649 e. The van der Waals surface area contributed by atoms with Gasteiger partial charge in [-0.05, 0) is 48.1 Å². The van der Waals surface area contributed by atoms with Crippen molar-refractivity contribution < 1.29 is 0 Å². The second kappa shape index (κ2) is 6.41. The topological polar surface area (TPSA) is 12.0 Å². The largest absolute Gasteiger partial charge is 0.307 e. The fourth-order valence-corrected chi connectivity index (χ4v) is 6.50. The van der Waals surface area contributed by atoms with Crippen molar-refractivity contribution in [2.75, 3.05) is 0 Å². The second-order valence-corrected chi connectivity index (χ2v) is 9.47. The molecule has 0 saturated heterocycles. The average Bonchev–Trinajstić information content (AvgIpc) is 2.87. The summed E-state index contributed by atoms with van der Waals surface area (Å²) in [4.78, 5) is 0. The molecule has 2 heterocycles. The summed E-state index contributed by atoms with van der Waals surface area (Å²) in [6.45, 7) is 7.18. The lowest BCUT2D eigenvalue weighted by Crippen LogP contribution is -2.43. The van der Waals surface area contributed by atoms with Crippen LogP contribution in [0.15, 0.2) is 15.7 Å². The Labute approximate surface area is 131 Å². The van der Waals surface area contributed by atoms with Crippen molar-refractivity contribution in [3.05, 3.63) is 17.0 Å². The van der Waals surface area contributed by atoms with Gasteiger partial charge in [0.05, 0.1) is 4.21 Å². The molecule has 0 bridgehead atoms. The van der Waals surface area contributed by atoms with Gasteiger partial charge in [0.25, 0.3) is 0 Å². The van der Waals surface area contributed by atoms with Gasteiger partial charge in [0.15, 0.2) is 0 Å². The van der Waals surface area contributed by atoms with Gasteiger partial charge >= 0.3 is 0 Å². The maximum absolute atomic E-state index is 4.06. The van der Waals surface area contributed by atoms with Crippen molar-refractivity contribution in [1.29, 1.82) is 0 Å². The van der Waals surface area contributed by atoms with Gasteiger partial charge in [-0.1, -0.05) is 33.6 Å². The van der Waals surface area contributed by atoms with Crippen molar-refractivity contribution in [2.45, 2.75) is 74.4 Å². The van der Waals surface area contributed by atoms with E-state index in [-0.39, 0.29) is 0 Å². The zero-order valence-electron chi connectivity index (χ0n) is 12.9. The monoisotopic (exact) mass is 309 g/mol. The first-order valence-corrected chi connectivity index (χ1v) is 9.91. The molecule has 3 heteroatoms. The first-order valence-electron chi connectivity index (χ1n) is 8.15. The molecule has 1 aliphatic carbocycles. The van der Waals surface area contributed by atoms with Crippen LogP contribution >= 0.6 is 23.1 Å². The van der Waals surface area contributed by atoms with E-state index >= 15 is 0 Å². The van der Waals surface area contributed by atoms with Crippen LogP contribution < -0.4 is 5.32 Å². The Morgan fingerprint density at radius 3 is 2.85 bits per heavy atom. The quantitative estimate of drug-likeness (QED) is 0.793. The van der Waals surface area contributed by atoms with E-state index in [0.29, 0.717) is 6.04 Å². The van der Waals surface area contributed by atoms with E-state index < -0.39 is 0 Å². The molecule has 3 rings (SSSR count). The Morgan fingerprint density at radius 1 is 1.25 bits per heavy atom. The van der Waals surface area contributed by atoms with Crippen LogP contribution in [-0.4, -0.2) is 11.3 Å². The number of hydrogen-bond acceptors (Lipinski definition) is 3. The fraction of sp³-hybridized carbons (Fsp3) is 0.765. The third-order valence-corrected chi connectivity index (χ3v) is 7.34. The zero-order chi connectivity index (χ0) is 14.1. The summed E-state index contributed by atoms with van der Waals surface area (Å²) in [5.74, 6) is 1.68. The molecule has 2 aliphatic rings. The van der Waals surface area contributed by atoms with E-state index in [4.69, 9.17) is 0 Å². The van der Waals surface area contributed by atoms with E-state index in [1.165, 1.54) is 32.1 Å². The molecule has 1 N–H and O–H groups in total. The summed E-state index contributed by atoms with van der Waals surface area (Å²) in [6, 6.07) is 3.68. The third-order valence-electron chi connectivity index (χ3n) is 5.00. The van der Waals surface area contributed by atoms with Gasteiger partial charge in [0.1, 0.15) is 0 Å². The fourth-order valence-electron chi connectivity index (χ4n) is 3.93. The lowest BCUT2D eigenvalue weighted by atomic mass is 9.77. The number of thioether (sulfide) groups is 1. The smallest absolute Gasteiger partial charge is 0.0649 e. The predicted octanol–water partition coefficient (Wildman–Crippen LogP) is 5.48. The van der Waals surface area contributed by atoms with Gasteiger partial charge in [0.2, 0.25) is 0 Å². The summed E-state index contributed by atoms with van der Waals surface area (Å²) in [6.07, 6.45) is 6.93. The van der Waals surface area contributed by atoms with E-state index in [2.05, 4.69) is 49.3 Å². The van der Waals surface area contributed by atoms with Crippen molar-refractivity contribution in [3.8, 4) is 0 Å². The van der Waals surface area contributed by atoms with E-state index in [1.807, 2.05) is 11.3 Å². The Balaban J connectivity index is 1.74. The molecule has 1 aliphatic heterocycles. The predicted molar refractivity (Wildman–Crippen MR) is 90.7 cm³/mol. The minimum Gasteiger partial charge on any atom is -0.307 e. The molecule has 4 atom stereocenters. The van der Waals surface area contributed by atoms with Crippen LogP contribution in [0.2, 0.25) is 0 Å². The van der Waals surface area contributed by atoms with Gasteiger partial charge in [-0.3, -0.25) is 0 Å². The molecule has 0 spiro atoms. The van der Waals surface area contributed by atoms with Gasteiger partial charge in [-0.2, -0.15) is 0 Å². The molecule has 112 valence electrons. The molecular formula is C17H27NS2. The van der Waals surface area contributed by atoms with E-state index in [9.17, 15) is 0 Å². The van der Waals surface area contributed by atoms with Gasteiger partial charge in [0, 0.05) is 17.3 Å². The molecule has 1 aromatic rings. The molecule has 1 saturated carbocycles. The highest BCUT2D eigenvalue weighted by Crippen LogP contribution is 2.44. The SMILES string of the molecule is CC(C)C1CCCCC1NC1C[C@H](C)Sc2sccc21. The second-order valence-electron chi connectivity index (χ2n) is 6.85. The highest BCUT2D eigenvalue weighted by molar-refractivity contribution is 8.01. The molecule has 1 fully saturated rings. The van der Waals surface area contributed by atoms with Crippen LogP contribution in [0.5, 0.6) is 0 Å². The number of fused-ring (bicyclic) bond motifs is 1. The van der Waals surface area contributed by atoms with Crippen LogP contribution in [-0.2, 0) is 0 Å². The Kier molecular flexibility index (Phi) is 4.79. The summed E-state index contributed by atoms with van der Waals surface area (Å²) in [5, 5.41) is 7.07. The molecule has 1 nitrogen and oxygen atoms in total. The summed E-state index contributed by atoms with van der Waals surface area (Å²) in [5.41, 5.74) is 1.58. The van der Waals surface area contributed by atoms with Crippen LogP contribution in [0, 0.1) is 11.8 Å². The Hall–Kier alpha value is 0.0100. The van der Waals surface area contributed by atoms with Crippen LogP contribution in [0.1, 0.15) is 64.5 Å². The van der Waals surface area contributed by atoms with Gasteiger partial charge in [-0.15, -0.1) is 23.1 Å². The normalized spacial score (nSPS) is 34.2. The average molecular weight is 310 g/mol. The number of hydrogen-bond donors (Lipinski definition) is 1. The zero-order valence-corrected chi connectivity index (χ0v) is 14.5. The standard InChI is InChI=1S/C17H27NS2/c1-11(2)13-6-4-5-7-15(13)18-16-10-12(3)20-17-14(16)8-9-19-17/h8-9,11-13,15-16,18H,4-7,10H2,1-3H3/t12-,13?,15?,16?/m0/s1. The lowest BCUT2D eigenvalue weighted by molar-refractivity contribution is 0.189. The van der Waals surface area contributed by atoms with Crippen LogP contribution in [0.25, 0.3) is 0 Å². The minimum atomic E-state index is 0.594. The molecule has 0 amide bonds. The lowest BCUT2D eigenvalue weighted by Gasteiger charge is -2.39. The maximum atomic E-state index is 4.06. The van der Waals surface area contributed by atoms with Gasteiger partial charge < -0.3 is 5.32 Å². The summed E-state index contributed by atoms with van der Waals surface area (Å²) in [7, 11) is 0. The molecule has 20 heavy (non-hydrogen) atoms. The van der Waals surface area contributed by atoms with Gasteiger partial charge in [-0.25, -0.2) is 0 Å². The van der Waals surface area contributed by atoms with E-state index in [1.54, 1.807) is 9.77 Å². The number of rotatable bonds is 3. The van der Waals surface area contributed by atoms with Crippen molar-refractivity contribution >= 4 is 23.1 Å². The van der Waals surface area contributed by atoms with E-state index in [0.717, 1.165) is 23.1 Å². The molecular weight excluding hydrogens is 282 g/mol. The molecule has 0 aromatic carbocycles. The number of thiophene rings is 1. The van der Waals surface area contributed by atoms with Crippen LogP contribution in [0.3, 0.4) is 0 Å². The molecule has 0 radical (unpaired) electrons. The number of nitrogens with one attached hydrogen (secondary N) is 1. The minimum absolute atomic E-state index is 0.594. The van der Waals surface area contributed by atoms with Crippen molar-refractivity contribution in [3.63, 3.8) is 0 Å². The first kappa shape index (κ1) is 14.9. The Bertz CT molecular complexity index is 440. The summed E-state index contributed by atoms with van der Waals surface area (Å²) >= 11 is 3.99. The van der Waals surface area contributed by atoms with Crippen molar-refractivity contribution in [1.82, 2.24) is 5.32 Å². The van der Waals surface area contributed by atoms with Crippen molar-refractivity contribution in [2.24, 2.45) is 11.8 Å². The highest BCUT2D eigenvalue weighted by Gasteiger charge is 2.32. The molecule has 3 unspecified atom stereocenters. The third kappa shape index (κ3) is 3.10. The highest BCUT2D eigenvalue weighted by atomic mass is 32.2. The summed E-state index contributed by atoms with van der Waals surface area (Å²) < 4.78 is 1.55. The van der Waals surface area contributed by atoms with Crippen LogP contribution in [0.4, 0.5) is 0 Å².